The Balaban J connectivity index is 1.74. The van der Waals surface area contributed by atoms with Gasteiger partial charge < -0.3 is 9.47 Å². The third kappa shape index (κ3) is 5.29. The molecule has 0 bridgehead atoms. The summed E-state index contributed by atoms with van der Waals surface area (Å²) in [7, 11) is 0. The van der Waals surface area contributed by atoms with Gasteiger partial charge in [0.1, 0.15) is 11.5 Å². The van der Waals surface area contributed by atoms with E-state index in [1.165, 1.54) is 0 Å². The Hall–Kier alpha value is -2.00. The number of benzene rings is 2. The zero-order chi connectivity index (χ0) is 16.8. The number of aryl methyl sites for hydroxylation is 3. The van der Waals surface area contributed by atoms with Crippen LogP contribution in [0.1, 0.15) is 29.5 Å². The second-order valence-electron chi connectivity index (χ2n) is 5.61. The van der Waals surface area contributed by atoms with Crippen LogP contribution >= 0.6 is 11.6 Å². The lowest BCUT2D eigenvalue weighted by Gasteiger charge is -2.10. The highest BCUT2D eigenvalue weighted by atomic mass is 35.5. The van der Waals surface area contributed by atoms with E-state index < -0.39 is 0 Å². The van der Waals surface area contributed by atoms with Crippen molar-refractivity contribution in [3.05, 3.63) is 58.1 Å². The normalized spacial score (nSPS) is 10.4. The number of rotatable bonds is 6. The molecule has 0 unspecified atom stereocenters. The van der Waals surface area contributed by atoms with Crippen LogP contribution in [0.2, 0.25) is 5.02 Å². The molecule has 0 amide bonds. The van der Waals surface area contributed by atoms with Gasteiger partial charge >= 0.3 is 5.97 Å². The van der Waals surface area contributed by atoms with Gasteiger partial charge in [0.25, 0.3) is 0 Å². The maximum absolute atomic E-state index is 11.8. The summed E-state index contributed by atoms with van der Waals surface area (Å²) in [6, 6.07) is 11.2. The van der Waals surface area contributed by atoms with Crippen molar-refractivity contribution in [1.29, 1.82) is 0 Å². The average Bonchev–Trinajstić information content (AvgIpc) is 2.51. The van der Waals surface area contributed by atoms with Crippen LogP contribution in [0.5, 0.6) is 11.5 Å². The van der Waals surface area contributed by atoms with Gasteiger partial charge in [0.2, 0.25) is 0 Å². The Morgan fingerprint density at radius 1 is 1.00 bits per heavy atom. The van der Waals surface area contributed by atoms with Gasteiger partial charge in [0.15, 0.2) is 0 Å². The Bertz CT molecular complexity index is 655. The van der Waals surface area contributed by atoms with E-state index in [0.29, 0.717) is 25.2 Å². The fourth-order valence-electron chi connectivity index (χ4n) is 2.18. The fourth-order valence-corrected chi connectivity index (χ4v) is 2.29. The lowest BCUT2D eigenvalue weighted by Crippen LogP contribution is -2.10. The second kappa shape index (κ2) is 8.02. The van der Waals surface area contributed by atoms with Crippen LogP contribution in [0.4, 0.5) is 0 Å². The molecule has 0 aromatic heterocycles. The standard InChI is InChI=1S/C19H21ClO3/c1-13-6-8-16(9-7-13)23-18(21)5-4-10-22-17-11-14(2)19(20)15(3)12-17/h6-9,11-12H,4-5,10H2,1-3H3. The largest absolute Gasteiger partial charge is 0.494 e. The molecule has 0 spiro atoms. The highest BCUT2D eigenvalue weighted by molar-refractivity contribution is 6.32. The van der Waals surface area contributed by atoms with E-state index in [1.807, 2.05) is 45.0 Å². The van der Waals surface area contributed by atoms with Crippen LogP contribution in [0, 0.1) is 20.8 Å². The minimum absolute atomic E-state index is 0.249. The molecule has 0 N–H and O–H groups in total. The van der Waals surface area contributed by atoms with E-state index >= 15 is 0 Å². The number of esters is 1. The molecule has 0 atom stereocenters. The van der Waals surface area contributed by atoms with E-state index in [-0.39, 0.29) is 5.97 Å². The van der Waals surface area contributed by atoms with Gasteiger partial charge in [-0.15, -0.1) is 0 Å². The maximum Gasteiger partial charge on any atom is 0.311 e. The van der Waals surface area contributed by atoms with Crippen LogP contribution in [0.15, 0.2) is 36.4 Å². The monoisotopic (exact) mass is 332 g/mol. The van der Waals surface area contributed by atoms with Crippen molar-refractivity contribution in [2.75, 3.05) is 6.61 Å². The molecular formula is C19H21ClO3. The van der Waals surface area contributed by atoms with E-state index in [4.69, 9.17) is 21.1 Å². The van der Waals surface area contributed by atoms with Crippen molar-refractivity contribution in [3.63, 3.8) is 0 Å². The van der Waals surface area contributed by atoms with Crippen LogP contribution in [-0.4, -0.2) is 12.6 Å². The average molecular weight is 333 g/mol. The lowest BCUT2D eigenvalue weighted by atomic mass is 10.1. The number of hydrogen-bond donors (Lipinski definition) is 0. The third-order valence-electron chi connectivity index (χ3n) is 3.46. The summed E-state index contributed by atoms with van der Waals surface area (Å²) in [6.45, 7) is 6.34. The van der Waals surface area contributed by atoms with Crippen LogP contribution < -0.4 is 9.47 Å². The van der Waals surface area contributed by atoms with Gasteiger partial charge in [-0.25, -0.2) is 0 Å². The minimum atomic E-state index is -0.249. The van der Waals surface area contributed by atoms with Crippen LogP contribution in [0.3, 0.4) is 0 Å². The van der Waals surface area contributed by atoms with Gasteiger partial charge in [0.05, 0.1) is 6.61 Å². The second-order valence-corrected chi connectivity index (χ2v) is 5.99. The molecule has 0 heterocycles. The Kier molecular flexibility index (Phi) is 6.05. The predicted octanol–water partition coefficient (Wildman–Crippen LogP) is 5.03. The van der Waals surface area contributed by atoms with Gasteiger partial charge in [-0.1, -0.05) is 29.3 Å². The molecule has 0 saturated heterocycles. The Labute approximate surface area is 142 Å². The summed E-state index contributed by atoms with van der Waals surface area (Å²) in [6.07, 6.45) is 0.921. The minimum Gasteiger partial charge on any atom is -0.494 e. The molecule has 0 aliphatic rings. The molecular weight excluding hydrogens is 312 g/mol. The zero-order valence-electron chi connectivity index (χ0n) is 13.7. The van der Waals surface area contributed by atoms with Crippen molar-refractivity contribution in [2.24, 2.45) is 0 Å². The van der Waals surface area contributed by atoms with E-state index in [0.717, 1.165) is 27.5 Å². The number of carbonyl (C=O) groups is 1. The summed E-state index contributed by atoms with van der Waals surface area (Å²) in [5, 5.41) is 0.763. The highest BCUT2D eigenvalue weighted by Gasteiger charge is 2.06. The molecule has 0 fully saturated rings. The molecule has 4 heteroatoms. The van der Waals surface area contributed by atoms with Crippen molar-refractivity contribution >= 4 is 17.6 Å². The predicted molar refractivity (Wildman–Crippen MR) is 92.5 cm³/mol. The molecule has 2 aromatic carbocycles. The first-order chi connectivity index (χ1) is 11.0. The molecule has 0 aliphatic heterocycles. The van der Waals surface area contributed by atoms with Gasteiger partial charge in [-0.05, 0) is 62.6 Å². The summed E-state index contributed by atoms with van der Waals surface area (Å²) in [5.41, 5.74) is 3.10. The van der Waals surface area contributed by atoms with Gasteiger partial charge in [0, 0.05) is 11.4 Å². The number of carbonyl (C=O) groups excluding carboxylic acids is 1. The van der Waals surface area contributed by atoms with Crippen molar-refractivity contribution in [1.82, 2.24) is 0 Å². The lowest BCUT2D eigenvalue weighted by molar-refractivity contribution is -0.134. The van der Waals surface area contributed by atoms with Crippen molar-refractivity contribution in [3.8, 4) is 11.5 Å². The summed E-state index contributed by atoms with van der Waals surface area (Å²) >= 11 is 6.12. The molecule has 0 radical (unpaired) electrons. The van der Waals surface area contributed by atoms with E-state index in [2.05, 4.69) is 0 Å². The fraction of sp³-hybridized carbons (Fsp3) is 0.316. The van der Waals surface area contributed by atoms with Crippen LogP contribution in [-0.2, 0) is 4.79 Å². The van der Waals surface area contributed by atoms with Crippen molar-refractivity contribution < 1.29 is 14.3 Å². The SMILES string of the molecule is Cc1ccc(OC(=O)CCCOc2cc(C)c(Cl)c(C)c2)cc1. The topological polar surface area (TPSA) is 35.5 Å². The molecule has 2 rings (SSSR count). The van der Waals surface area contributed by atoms with Crippen molar-refractivity contribution in [2.45, 2.75) is 33.6 Å². The van der Waals surface area contributed by atoms with E-state index in [9.17, 15) is 4.79 Å². The first-order valence-corrected chi connectivity index (χ1v) is 8.00. The number of ether oxygens (including phenoxy) is 2. The van der Waals surface area contributed by atoms with Crippen LogP contribution in [0.25, 0.3) is 0 Å². The Morgan fingerprint density at radius 2 is 1.61 bits per heavy atom. The first kappa shape index (κ1) is 17.4. The summed E-state index contributed by atoms with van der Waals surface area (Å²) in [5.74, 6) is 1.10. The molecule has 23 heavy (non-hydrogen) atoms. The maximum atomic E-state index is 11.8. The van der Waals surface area contributed by atoms with Gasteiger partial charge in [-0.2, -0.15) is 0 Å². The smallest absolute Gasteiger partial charge is 0.311 e. The first-order valence-electron chi connectivity index (χ1n) is 7.62. The third-order valence-corrected chi connectivity index (χ3v) is 4.05. The zero-order valence-corrected chi connectivity index (χ0v) is 14.4. The van der Waals surface area contributed by atoms with Gasteiger partial charge in [-0.3, -0.25) is 4.79 Å². The summed E-state index contributed by atoms with van der Waals surface area (Å²) < 4.78 is 10.9. The molecule has 0 aliphatic carbocycles. The number of halogens is 1. The molecule has 122 valence electrons. The number of hydrogen-bond acceptors (Lipinski definition) is 3. The summed E-state index contributed by atoms with van der Waals surface area (Å²) in [4.78, 5) is 11.8. The molecule has 2 aromatic rings. The Morgan fingerprint density at radius 3 is 2.22 bits per heavy atom. The molecule has 0 saturated carbocycles. The highest BCUT2D eigenvalue weighted by Crippen LogP contribution is 2.26. The van der Waals surface area contributed by atoms with E-state index in [1.54, 1.807) is 12.1 Å². The molecule has 3 nitrogen and oxygen atoms in total. The quantitative estimate of drug-likeness (QED) is 0.423.